The molecular formula is C12H11N7O2S. The lowest BCUT2D eigenvalue weighted by Gasteiger charge is -1.97. The van der Waals surface area contributed by atoms with Crippen LogP contribution in [0.3, 0.4) is 0 Å². The van der Waals surface area contributed by atoms with Crippen LogP contribution >= 0.6 is 11.3 Å². The average Bonchev–Trinajstić information content (AvgIpc) is 3.05. The van der Waals surface area contributed by atoms with Gasteiger partial charge in [0.2, 0.25) is 5.82 Å². The number of amides is 2. The number of hydrogen-bond donors (Lipinski definition) is 2. The van der Waals surface area contributed by atoms with Crippen molar-refractivity contribution in [2.45, 2.75) is 13.8 Å². The van der Waals surface area contributed by atoms with Crippen molar-refractivity contribution in [3.8, 4) is 0 Å². The minimum atomic E-state index is -0.598. The summed E-state index contributed by atoms with van der Waals surface area (Å²) in [5, 5.41) is 6.88. The highest BCUT2D eigenvalue weighted by molar-refractivity contribution is 7.17. The molecular weight excluding hydrogens is 306 g/mol. The van der Waals surface area contributed by atoms with E-state index in [9.17, 15) is 9.59 Å². The number of anilines is 1. The van der Waals surface area contributed by atoms with Crippen LogP contribution in [0.5, 0.6) is 0 Å². The molecule has 0 saturated heterocycles. The predicted molar refractivity (Wildman–Crippen MR) is 78.8 cm³/mol. The summed E-state index contributed by atoms with van der Waals surface area (Å²) >= 11 is 0.981. The van der Waals surface area contributed by atoms with E-state index in [1.807, 2.05) is 19.9 Å². The highest BCUT2D eigenvalue weighted by Gasteiger charge is 2.17. The van der Waals surface area contributed by atoms with Gasteiger partial charge in [0.25, 0.3) is 17.6 Å². The van der Waals surface area contributed by atoms with E-state index in [0.29, 0.717) is 5.78 Å². The Kier molecular flexibility index (Phi) is 3.29. The summed E-state index contributed by atoms with van der Waals surface area (Å²) in [6.07, 6.45) is 1.30. The van der Waals surface area contributed by atoms with Crippen LogP contribution in [0, 0.1) is 13.8 Å². The van der Waals surface area contributed by atoms with Gasteiger partial charge in [0.1, 0.15) is 4.88 Å². The number of nitrogens with zero attached hydrogens (tertiary/aromatic N) is 5. The number of carbonyl (C=O) groups excluding carboxylic acids is 2. The van der Waals surface area contributed by atoms with Gasteiger partial charge < -0.3 is 5.73 Å². The lowest BCUT2D eigenvalue weighted by Crippen LogP contribution is -2.13. The van der Waals surface area contributed by atoms with Crippen LogP contribution in [-0.2, 0) is 0 Å². The lowest BCUT2D eigenvalue weighted by atomic mass is 10.4. The van der Waals surface area contributed by atoms with Gasteiger partial charge in [-0.3, -0.25) is 14.9 Å². The Hall–Kier alpha value is -2.88. The van der Waals surface area contributed by atoms with Crippen molar-refractivity contribution in [1.29, 1.82) is 0 Å². The number of thiazole rings is 1. The van der Waals surface area contributed by atoms with Gasteiger partial charge in [-0.15, -0.1) is 5.10 Å². The zero-order chi connectivity index (χ0) is 15.9. The molecule has 0 radical (unpaired) electrons. The van der Waals surface area contributed by atoms with E-state index in [1.54, 1.807) is 0 Å². The molecule has 3 aromatic rings. The quantitative estimate of drug-likeness (QED) is 0.726. The molecule has 0 fully saturated rings. The smallest absolute Gasteiger partial charge is 0.297 e. The van der Waals surface area contributed by atoms with Crippen molar-refractivity contribution >= 4 is 34.1 Å². The number of aryl methyl sites for hydroxylation is 2. The van der Waals surface area contributed by atoms with Gasteiger partial charge in [-0.05, 0) is 19.9 Å². The number of nitrogens with two attached hydrogens (primary N) is 1. The third-order valence-electron chi connectivity index (χ3n) is 2.79. The molecule has 0 saturated carbocycles. The van der Waals surface area contributed by atoms with E-state index in [1.165, 1.54) is 10.7 Å². The Bertz CT molecular complexity index is 898. The number of rotatable bonds is 3. The van der Waals surface area contributed by atoms with Gasteiger partial charge in [-0.25, -0.2) is 14.5 Å². The van der Waals surface area contributed by atoms with Crippen LogP contribution in [0.15, 0.2) is 12.3 Å². The van der Waals surface area contributed by atoms with Crippen molar-refractivity contribution < 1.29 is 9.59 Å². The van der Waals surface area contributed by atoms with E-state index < -0.39 is 11.8 Å². The molecule has 0 aromatic carbocycles. The summed E-state index contributed by atoms with van der Waals surface area (Å²) < 4.78 is 1.48. The number of nitrogens with one attached hydrogen (secondary N) is 1. The van der Waals surface area contributed by atoms with E-state index in [-0.39, 0.29) is 15.8 Å². The highest BCUT2D eigenvalue weighted by atomic mass is 32.1. The fourth-order valence-corrected chi connectivity index (χ4v) is 2.52. The fraction of sp³-hybridized carbons (Fsp3) is 0.167. The van der Waals surface area contributed by atoms with Gasteiger partial charge in [0.15, 0.2) is 5.13 Å². The number of hydrogen-bond acceptors (Lipinski definition) is 7. The normalized spacial score (nSPS) is 10.8. The molecule has 0 aliphatic rings. The molecule has 3 aromatic heterocycles. The molecule has 0 aliphatic carbocycles. The summed E-state index contributed by atoms with van der Waals surface area (Å²) in [5.74, 6) is -0.816. The standard InChI is InChI=1S/C12H11N7O2S/c1-5-3-6(2)19-11(15-5)16-9(18-19)10(21)17-12-14-4-7(22-12)8(13)20/h3-4H,1-2H3,(H2,13,20)(H,14,17,21). The Labute approximate surface area is 128 Å². The summed E-state index contributed by atoms with van der Waals surface area (Å²) in [6.45, 7) is 3.68. The van der Waals surface area contributed by atoms with Crippen molar-refractivity contribution in [3.63, 3.8) is 0 Å². The second kappa shape index (κ2) is 5.15. The number of aromatic nitrogens is 5. The van der Waals surface area contributed by atoms with Gasteiger partial charge >= 0.3 is 0 Å². The minimum Gasteiger partial charge on any atom is -0.365 e. The van der Waals surface area contributed by atoms with Crippen LogP contribution < -0.4 is 11.1 Å². The van der Waals surface area contributed by atoms with Gasteiger partial charge in [-0.2, -0.15) is 4.98 Å². The third-order valence-corrected chi connectivity index (χ3v) is 3.72. The molecule has 22 heavy (non-hydrogen) atoms. The monoisotopic (exact) mass is 317 g/mol. The van der Waals surface area contributed by atoms with Gasteiger partial charge in [-0.1, -0.05) is 11.3 Å². The zero-order valence-electron chi connectivity index (χ0n) is 11.7. The molecule has 0 spiro atoms. The van der Waals surface area contributed by atoms with E-state index in [2.05, 4.69) is 25.4 Å². The molecule has 0 unspecified atom stereocenters. The molecule has 3 N–H and O–H groups in total. The summed E-state index contributed by atoms with van der Waals surface area (Å²) in [7, 11) is 0. The Balaban J connectivity index is 1.88. The van der Waals surface area contributed by atoms with Crippen molar-refractivity contribution in [1.82, 2.24) is 24.6 Å². The first-order valence-electron chi connectivity index (χ1n) is 6.22. The van der Waals surface area contributed by atoms with Crippen LogP contribution in [0.2, 0.25) is 0 Å². The Morgan fingerprint density at radius 2 is 2.09 bits per heavy atom. The molecule has 3 rings (SSSR count). The van der Waals surface area contributed by atoms with E-state index in [4.69, 9.17) is 5.73 Å². The van der Waals surface area contributed by atoms with Crippen LogP contribution in [-0.4, -0.2) is 36.4 Å². The third kappa shape index (κ3) is 2.51. The summed E-state index contributed by atoms with van der Waals surface area (Å²) in [6, 6.07) is 1.84. The largest absolute Gasteiger partial charge is 0.365 e. The minimum absolute atomic E-state index is 0.0305. The van der Waals surface area contributed by atoms with Crippen LogP contribution in [0.25, 0.3) is 5.78 Å². The topological polar surface area (TPSA) is 128 Å². The average molecular weight is 317 g/mol. The van der Waals surface area contributed by atoms with Crippen molar-refractivity contribution in [2.24, 2.45) is 5.73 Å². The molecule has 3 heterocycles. The first-order chi connectivity index (χ1) is 10.4. The Morgan fingerprint density at radius 3 is 2.77 bits per heavy atom. The second-order valence-electron chi connectivity index (χ2n) is 4.53. The number of primary amides is 1. The van der Waals surface area contributed by atoms with Gasteiger partial charge in [0, 0.05) is 11.4 Å². The van der Waals surface area contributed by atoms with Crippen molar-refractivity contribution in [3.05, 3.63) is 34.4 Å². The van der Waals surface area contributed by atoms with Gasteiger partial charge in [0.05, 0.1) is 6.20 Å². The summed E-state index contributed by atoms with van der Waals surface area (Å²) in [5.41, 5.74) is 6.74. The predicted octanol–water partition coefficient (Wildman–Crippen LogP) is 0.549. The molecule has 9 nitrogen and oxygen atoms in total. The second-order valence-corrected chi connectivity index (χ2v) is 5.56. The first-order valence-corrected chi connectivity index (χ1v) is 7.03. The SMILES string of the molecule is Cc1cc(C)n2nc(C(=O)Nc3ncc(C(N)=O)s3)nc2n1. The van der Waals surface area contributed by atoms with Crippen LogP contribution in [0.1, 0.15) is 31.7 Å². The highest BCUT2D eigenvalue weighted by Crippen LogP contribution is 2.18. The molecule has 0 bridgehead atoms. The maximum Gasteiger partial charge on any atom is 0.297 e. The molecule has 112 valence electrons. The maximum atomic E-state index is 12.1. The first kappa shape index (κ1) is 14.1. The molecule has 0 atom stereocenters. The molecule has 10 heteroatoms. The molecule has 2 amide bonds. The number of fused-ring (bicyclic) bond motifs is 1. The Morgan fingerprint density at radius 1 is 1.32 bits per heavy atom. The fourth-order valence-electron chi connectivity index (χ4n) is 1.86. The van der Waals surface area contributed by atoms with E-state index in [0.717, 1.165) is 22.7 Å². The zero-order valence-corrected chi connectivity index (χ0v) is 12.5. The van der Waals surface area contributed by atoms with Crippen LogP contribution in [0.4, 0.5) is 5.13 Å². The summed E-state index contributed by atoms with van der Waals surface area (Å²) in [4.78, 5) is 35.6. The van der Waals surface area contributed by atoms with E-state index >= 15 is 0 Å². The molecule has 0 aliphatic heterocycles. The number of carbonyl (C=O) groups is 2. The lowest BCUT2D eigenvalue weighted by molar-refractivity contribution is 0.0999. The van der Waals surface area contributed by atoms with Crippen molar-refractivity contribution in [2.75, 3.05) is 5.32 Å². The maximum absolute atomic E-state index is 12.1.